The van der Waals surface area contributed by atoms with Crippen LogP contribution in [0.15, 0.2) is 76.7 Å². The summed E-state index contributed by atoms with van der Waals surface area (Å²) >= 11 is 1.27. The van der Waals surface area contributed by atoms with Gasteiger partial charge < -0.3 is 0 Å². The average Bonchev–Trinajstić information content (AvgIpc) is 3.22. The van der Waals surface area contributed by atoms with Crippen LogP contribution in [0, 0.1) is 13.8 Å². The highest BCUT2D eigenvalue weighted by atomic mass is 32.2. The van der Waals surface area contributed by atoms with Crippen molar-refractivity contribution in [2.24, 2.45) is 0 Å². The number of hydrogen-bond donors (Lipinski definition) is 0. The lowest BCUT2D eigenvalue weighted by atomic mass is 10.1. The molecule has 0 saturated heterocycles. The van der Waals surface area contributed by atoms with Crippen molar-refractivity contribution < 1.29 is 13.2 Å². The number of nitrogens with zero attached hydrogens (tertiary/aromatic N) is 4. The van der Waals surface area contributed by atoms with E-state index in [4.69, 9.17) is 0 Å². The minimum absolute atomic E-state index is 0.211. The van der Waals surface area contributed by atoms with Gasteiger partial charge in [0, 0.05) is 5.75 Å². The Morgan fingerprint density at radius 2 is 1.74 bits per heavy atom. The molecule has 0 unspecified atom stereocenters. The van der Waals surface area contributed by atoms with Crippen LogP contribution in [-0.4, -0.2) is 19.2 Å². The van der Waals surface area contributed by atoms with Crippen LogP contribution in [0.5, 0.6) is 0 Å². The van der Waals surface area contributed by atoms with Crippen LogP contribution >= 0.6 is 11.8 Å². The normalized spacial score (nSPS) is 12.0. The molecule has 172 valence electrons. The highest BCUT2D eigenvalue weighted by Crippen LogP contribution is 2.31. The van der Waals surface area contributed by atoms with Crippen LogP contribution in [-0.2, 0) is 11.9 Å². The first-order valence-electron chi connectivity index (χ1n) is 10.5. The minimum atomic E-state index is -4.40. The predicted octanol–water partition coefficient (Wildman–Crippen LogP) is 5.96. The van der Waals surface area contributed by atoms with Gasteiger partial charge in [0.2, 0.25) is 5.78 Å². The zero-order valence-corrected chi connectivity index (χ0v) is 19.1. The number of aryl methyl sites for hydroxylation is 2. The molecule has 0 N–H and O–H groups in total. The second kappa shape index (κ2) is 8.32. The Labute approximate surface area is 196 Å². The summed E-state index contributed by atoms with van der Waals surface area (Å²) in [5.41, 5.74) is 2.95. The van der Waals surface area contributed by atoms with Crippen LogP contribution in [0.3, 0.4) is 0 Å². The fourth-order valence-electron chi connectivity index (χ4n) is 4.03. The Morgan fingerprint density at radius 3 is 2.50 bits per heavy atom. The molecule has 0 radical (unpaired) electrons. The van der Waals surface area contributed by atoms with E-state index in [1.54, 1.807) is 27.2 Å². The van der Waals surface area contributed by atoms with Gasteiger partial charge in [-0.3, -0.25) is 9.20 Å². The fraction of sp³-hybridized carbons (Fsp3) is 0.160. The van der Waals surface area contributed by atoms with Gasteiger partial charge in [-0.05, 0) is 49.2 Å². The molecule has 0 atom stereocenters. The molecule has 0 aliphatic rings. The molecule has 0 aliphatic heterocycles. The lowest BCUT2D eigenvalue weighted by molar-refractivity contribution is -0.137. The molecule has 34 heavy (non-hydrogen) atoms. The van der Waals surface area contributed by atoms with E-state index in [0.717, 1.165) is 23.3 Å². The van der Waals surface area contributed by atoms with Crippen molar-refractivity contribution in [3.63, 3.8) is 0 Å². The molecule has 0 amide bonds. The van der Waals surface area contributed by atoms with Gasteiger partial charge in [-0.15, -0.1) is 10.2 Å². The molecule has 0 bridgehead atoms. The van der Waals surface area contributed by atoms with Crippen molar-refractivity contribution in [1.82, 2.24) is 19.2 Å². The number of benzene rings is 3. The van der Waals surface area contributed by atoms with E-state index in [0.29, 0.717) is 33.1 Å². The van der Waals surface area contributed by atoms with E-state index in [-0.39, 0.29) is 11.3 Å². The lowest BCUT2D eigenvalue weighted by Gasteiger charge is -2.14. The Kier molecular flexibility index (Phi) is 5.44. The molecule has 2 aromatic heterocycles. The summed E-state index contributed by atoms with van der Waals surface area (Å²) < 4.78 is 42.6. The van der Waals surface area contributed by atoms with Crippen molar-refractivity contribution in [2.75, 3.05) is 0 Å². The van der Waals surface area contributed by atoms with Gasteiger partial charge in [0.15, 0.2) is 5.16 Å². The zero-order valence-electron chi connectivity index (χ0n) is 18.3. The molecule has 0 saturated carbocycles. The second-order valence-corrected chi connectivity index (χ2v) is 8.99. The van der Waals surface area contributed by atoms with E-state index < -0.39 is 11.7 Å². The summed E-state index contributed by atoms with van der Waals surface area (Å²) in [4.78, 5) is 13.5. The maximum Gasteiger partial charge on any atom is 0.416 e. The average molecular weight is 481 g/mol. The first kappa shape index (κ1) is 22.2. The molecular formula is C25H19F3N4OS. The van der Waals surface area contributed by atoms with Crippen molar-refractivity contribution >= 4 is 28.4 Å². The van der Waals surface area contributed by atoms with Gasteiger partial charge in [-0.25, -0.2) is 4.57 Å². The van der Waals surface area contributed by atoms with Gasteiger partial charge in [0.1, 0.15) is 0 Å². The van der Waals surface area contributed by atoms with Gasteiger partial charge in [0.25, 0.3) is 5.56 Å². The summed E-state index contributed by atoms with van der Waals surface area (Å²) in [5.74, 6) is 0.615. The largest absolute Gasteiger partial charge is 0.416 e. The van der Waals surface area contributed by atoms with Gasteiger partial charge in [-0.2, -0.15) is 13.2 Å². The fourth-order valence-corrected chi connectivity index (χ4v) is 4.91. The summed E-state index contributed by atoms with van der Waals surface area (Å²) in [6, 6.07) is 18.2. The Hall–Kier alpha value is -3.59. The monoisotopic (exact) mass is 480 g/mol. The number of para-hydroxylation sites is 1. The SMILES string of the molecule is Cc1ccc(-n2c(=O)c3ccccc3n3c(SCc4cccc(C(F)(F)F)c4)nnc23)c(C)c1. The molecule has 3 aromatic carbocycles. The lowest BCUT2D eigenvalue weighted by Crippen LogP contribution is -2.22. The van der Waals surface area contributed by atoms with Crippen LogP contribution in [0.25, 0.3) is 22.4 Å². The molecule has 9 heteroatoms. The molecule has 0 spiro atoms. The minimum Gasteiger partial charge on any atom is -0.268 e. The highest BCUT2D eigenvalue weighted by molar-refractivity contribution is 7.98. The topological polar surface area (TPSA) is 52.2 Å². The number of halogens is 3. The second-order valence-electron chi connectivity index (χ2n) is 8.05. The predicted molar refractivity (Wildman–Crippen MR) is 127 cm³/mol. The van der Waals surface area contributed by atoms with Crippen LogP contribution in [0.1, 0.15) is 22.3 Å². The zero-order chi connectivity index (χ0) is 24.0. The number of fused-ring (bicyclic) bond motifs is 3. The third kappa shape index (κ3) is 3.86. The number of rotatable bonds is 4. The molecule has 0 fully saturated rings. The molecule has 5 rings (SSSR count). The maximum atomic E-state index is 13.5. The Balaban J connectivity index is 1.66. The molecule has 5 aromatic rings. The number of alkyl halides is 3. The molecule has 2 heterocycles. The van der Waals surface area contributed by atoms with Gasteiger partial charge >= 0.3 is 6.18 Å². The van der Waals surface area contributed by atoms with E-state index in [1.165, 1.54) is 17.8 Å². The first-order chi connectivity index (χ1) is 16.2. The first-order valence-corrected chi connectivity index (χ1v) is 11.5. The summed E-state index contributed by atoms with van der Waals surface area (Å²) in [6.07, 6.45) is -4.40. The number of hydrogen-bond acceptors (Lipinski definition) is 4. The number of aromatic nitrogens is 4. The third-order valence-electron chi connectivity index (χ3n) is 5.61. The third-order valence-corrected chi connectivity index (χ3v) is 6.61. The molecule has 5 nitrogen and oxygen atoms in total. The summed E-state index contributed by atoms with van der Waals surface area (Å²) in [6.45, 7) is 3.91. The van der Waals surface area contributed by atoms with Crippen molar-refractivity contribution in [1.29, 1.82) is 0 Å². The van der Waals surface area contributed by atoms with E-state index in [1.807, 2.05) is 44.2 Å². The van der Waals surface area contributed by atoms with E-state index in [2.05, 4.69) is 10.2 Å². The van der Waals surface area contributed by atoms with E-state index >= 15 is 0 Å². The Bertz CT molecular complexity index is 1600. The van der Waals surface area contributed by atoms with E-state index in [9.17, 15) is 18.0 Å². The maximum absolute atomic E-state index is 13.5. The summed E-state index contributed by atoms with van der Waals surface area (Å²) in [7, 11) is 0. The van der Waals surface area contributed by atoms with Crippen LogP contribution < -0.4 is 5.56 Å². The van der Waals surface area contributed by atoms with Crippen LogP contribution in [0.4, 0.5) is 13.2 Å². The smallest absolute Gasteiger partial charge is 0.268 e. The Morgan fingerprint density at radius 1 is 0.941 bits per heavy atom. The van der Waals surface area contributed by atoms with Crippen molar-refractivity contribution in [3.8, 4) is 5.69 Å². The standard InChI is InChI=1S/C25H19F3N4OS/c1-15-10-11-20(16(2)12-15)31-22(33)19-8-3-4-9-21(19)32-23(31)29-30-24(32)34-14-17-6-5-7-18(13-17)25(26,27)28/h3-13H,14H2,1-2H3. The van der Waals surface area contributed by atoms with Crippen molar-refractivity contribution in [3.05, 3.63) is 99.3 Å². The highest BCUT2D eigenvalue weighted by Gasteiger charge is 2.30. The number of thioether (sulfide) groups is 1. The quantitative estimate of drug-likeness (QED) is 0.298. The van der Waals surface area contributed by atoms with Crippen LogP contribution in [0.2, 0.25) is 0 Å². The van der Waals surface area contributed by atoms with Crippen molar-refractivity contribution in [2.45, 2.75) is 30.9 Å². The van der Waals surface area contributed by atoms with Gasteiger partial charge in [0.05, 0.1) is 22.2 Å². The molecular weight excluding hydrogens is 461 g/mol. The van der Waals surface area contributed by atoms with Gasteiger partial charge in [-0.1, -0.05) is 59.8 Å². The molecule has 0 aliphatic carbocycles. The summed E-state index contributed by atoms with van der Waals surface area (Å²) in [5, 5.41) is 9.60.